The second kappa shape index (κ2) is 6.10. The molecule has 2 rings (SSSR count). The summed E-state index contributed by atoms with van der Waals surface area (Å²) in [6.07, 6.45) is 0. The summed E-state index contributed by atoms with van der Waals surface area (Å²) in [6, 6.07) is 12.8. The van der Waals surface area contributed by atoms with Crippen molar-refractivity contribution in [1.82, 2.24) is 0 Å². The normalized spacial score (nSPS) is 9.95. The van der Waals surface area contributed by atoms with Crippen LogP contribution in [0.5, 0.6) is 11.5 Å². The fourth-order valence-electron chi connectivity index (χ4n) is 1.92. The van der Waals surface area contributed by atoms with Gasteiger partial charge in [-0.05, 0) is 35.4 Å². The molecule has 0 unspecified atom stereocenters. The third-order valence-corrected chi connectivity index (χ3v) is 2.97. The lowest BCUT2D eigenvalue weighted by atomic mass is 10.0. The lowest BCUT2D eigenvalue weighted by Crippen LogP contribution is -2.00. The fourth-order valence-corrected chi connectivity index (χ4v) is 1.92. The van der Waals surface area contributed by atoms with Gasteiger partial charge in [0.1, 0.15) is 11.5 Å². The number of carbonyl (C=O) groups excluding carboxylic acids is 1. The second-order valence-electron chi connectivity index (χ2n) is 4.17. The summed E-state index contributed by atoms with van der Waals surface area (Å²) in [5.74, 6) is 1.03. The van der Waals surface area contributed by atoms with Gasteiger partial charge in [0.25, 0.3) is 0 Å². The Morgan fingerprint density at radius 2 is 1.50 bits per heavy atom. The first-order valence-electron chi connectivity index (χ1n) is 6.09. The average molecular weight is 272 g/mol. The van der Waals surface area contributed by atoms with Gasteiger partial charge in [-0.1, -0.05) is 12.1 Å². The van der Waals surface area contributed by atoms with Crippen molar-refractivity contribution in [3.63, 3.8) is 0 Å². The lowest BCUT2D eigenvalue weighted by Gasteiger charge is -2.09. The molecule has 0 radical (unpaired) electrons. The minimum atomic E-state index is -0.360. The molecule has 2 aromatic carbocycles. The van der Waals surface area contributed by atoms with E-state index in [0.29, 0.717) is 17.1 Å². The van der Waals surface area contributed by atoms with Gasteiger partial charge in [-0.3, -0.25) is 0 Å². The van der Waals surface area contributed by atoms with Gasteiger partial charge in [-0.25, -0.2) is 4.79 Å². The molecule has 0 saturated heterocycles. The zero-order valence-corrected chi connectivity index (χ0v) is 11.7. The maximum atomic E-state index is 11.6. The van der Waals surface area contributed by atoms with Crippen molar-refractivity contribution in [3.05, 3.63) is 48.0 Å². The molecule has 0 heterocycles. The summed E-state index contributed by atoms with van der Waals surface area (Å²) in [4.78, 5) is 11.6. The standard InChI is InChI=1S/C16H16O4/c1-18-14-8-13(9-15(10-14)19-2)11-5-4-6-12(7-11)16(17)20-3/h4-10H,1-3H3. The van der Waals surface area contributed by atoms with Crippen LogP contribution in [0.3, 0.4) is 0 Å². The number of hydrogen-bond donors (Lipinski definition) is 0. The van der Waals surface area contributed by atoms with E-state index in [1.165, 1.54) is 7.11 Å². The van der Waals surface area contributed by atoms with Gasteiger partial charge in [0.2, 0.25) is 0 Å². The van der Waals surface area contributed by atoms with Crippen molar-refractivity contribution < 1.29 is 19.0 Å². The molecule has 0 bridgehead atoms. The summed E-state index contributed by atoms with van der Waals surface area (Å²) < 4.78 is 15.2. The molecule has 0 aliphatic carbocycles. The predicted molar refractivity (Wildman–Crippen MR) is 76.3 cm³/mol. The van der Waals surface area contributed by atoms with Crippen molar-refractivity contribution in [2.75, 3.05) is 21.3 Å². The molecule has 0 atom stereocenters. The lowest BCUT2D eigenvalue weighted by molar-refractivity contribution is 0.0601. The Balaban J connectivity index is 2.47. The van der Waals surface area contributed by atoms with Gasteiger partial charge >= 0.3 is 5.97 Å². The highest BCUT2D eigenvalue weighted by Crippen LogP contribution is 2.30. The van der Waals surface area contributed by atoms with Crippen molar-refractivity contribution in [3.8, 4) is 22.6 Å². The number of carbonyl (C=O) groups is 1. The minimum absolute atomic E-state index is 0.360. The molecule has 0 aliphatic rings. The van der Waals surface area contributed by atoms with E-state index in [0.717, 1.165) is 11.1 Å². The van der Waals surface area contributed by atoms with Crippen molar-refractivity contribution in [2.24, 2.45) is 0 Å². The Morgan fingerprint density at radius 1 is 0.850 bits per heavy atom. The van der Waals surface area contributed by atoms with E-state index in [1.807, 2.05) is 24.3 Å². The summed E-state index contributed by atoms with van der Waals surface area (Å²) in [7, 11) is 4.57. The number of benzene rings is 2. The molecule has 0 aromatic heterocycles. The second-order valence-corrected chi connectivity index (χ2v) is 4.17. The molecule has 0 aliphatic heterocycles. The molecule has 0 amide bonds. The first-order valence-corrected chi connectivity index (χ1v) is 6.09. The maximum absolute atomic E-state index is 11.6. The van der Waals surface area contributed by atoms with Crippen LogP contribution in [0, 0.1) is 0 Å². The largest absolute Gasteiger partial charge is 0.497 e. The van der Waals surface area contributed by atoms with E-state index in [1.54, 1.807) is 32.4 Å². The number of rotatable bonds is 4. The molecule has 2 aromatic rings. The molecule has 0 N–H and O–H groups in total. The van der Waals surface area contributed by atoms with Crippen molar-refractivity contribution in [1.29, 1.82) is 0 Å². The Morgan fingerprint density at radius 3 is 2.05 bits per heavy atom. The van der Waals surface area contributed by atoms with E-state index in [9.17, 15) is 4.79 Å². The zero-order valence-electron chi connectivity index (χ0n) is 11.7. The first kappa shape index (κ1) is 13.9. The third-order valence-electron chi connectivity index (χ3n) is 2.97. The SMILES string of the molecule is COC(=O)c1cccc(-c2cc(OC)cc(OC)c2)c1. The number of methoxy groups -OCH3 is 3. The average Bonchev–Trinajstić information content (AvgIpc) is 2.53. The van der Waals surface area contributed by atoms with Crippen LogP contribution in [0.15, 0.2) is 42.5 Å². The van der Waals surface area contributed by atoms with E-state index in [2.05, 4.69) is 0 Å². The van der Waals surface area contributed by atoms with Crippen molar-refractivity contribution in [2.45, 2.75) is 0 Å². The molecule has 0 spiro atoms. The molecule has 104 valence electrons. The maximum Gasteiger partial charge on any atom is 0.337 e. The number of esters is 1. The Labute approximate surface area is 117 Å². The van der Waals surface area contributed by atoms with Crippen LogP contribution < -0.4 is 9.47 Å². The highest BCUT2D eigenvalue weighted by atomic mass is 16.5. The van der Waals surface area contributed by atoms with E-state index >= 15 is 0 Å². The highest BCUT2D eigenvalue weighted by molar-refractivity contribution is 5.91. The van der Waals surface area contributed by atoms with E-state index in [-0.39, 0.29) is 5.97 Å². The zero-order chi connectivity index (χ0) is 14.5. The van der Waals surface area contributed by atoms with Gasteiger partial charge in [-0.2, -0.15) is 0 Å². The Kier molecular flexibility index (Phi) is 4.25. The molecular formula is C16H16O4. The first-order chi connectivity index (χ1) is 9.67. The van der Waals surface area contributed by atoms with Crippen LogP contribution in [-0.4, -0.2) is 27.3 Å². The molecular weight excluding hydrogens is 256 g/mol. The summed E-state index contributed by atoms with van der Waals surface area (Å²) in [6.45, 7) is 0. The molecule has 0 saturated carbocycles. The van der Waals surface area contributed by atoms with Gasteiger partial charge in [0.15, 0.2) is 0 Å². The minimum Gasteiger partial charge on any atom is -0.497 e. The van der Waals surface area contributed by atoms with Gasteiger partial charge in [-0.15, -0.1) is 0 Å². The predicted octanol–water partition coefficient (Wildman–Crippen LogP) is 3.16. The summed E-state index contributed by atoms with van der Waals surface area (Å²) in [5, 5.41) is 0. The molecule has 20 heavy (non-hydrogen) atoms. The van der Waals surface area contributed by atoms with Crippen molar-refractivity contribution >= 4 is 5.97 Å². The van der Waals surface area contributed by atoms with Crippen LogP contribution >= 0.6 is 0 Å². The van der Waals surface area contributed by atoms with E-state index < -0.39 is 0 Å². The van der Waals surface area contributed by atoms with Crippen LogP contribution in [0.4, 0.5) is 0 Å². The van der Waals surface area contributed by atoms with Crippen LogP contribution in [0.1, 0.15) is 10.4 Å². The van der Waals surface area contributed by atoms with Gasteiger partial charge < -0.3 is 14.2 Å². The van der Waals surface area contributed by atoms with Gasteiger partial charge in [0.05, 0.1) is 26.9 Å². The van der Waals surface area contributed by atoms with Gasteiger partial charge in [0, 0.05) is 6.07 Å². The van der Waals surface area contributed by atoms with Crippen LogP contribution in [0.25, 0.3) is 11.1 Å². The molecule has 0 fully saturated rings. The quantitative estimate of drug-likeness (QED) is 0.802. The van der Waals surface area contributed by atoms with Crippen LogP contribution in [-0.2, 0) is 4.74 Å². The molecule has 4 heteroatoms. The fraction of sp³-hybridized carbons (Fsp3) is 0.188. The monoisotopic (exact) mass is 272 g/mol. The van der Waals surface area contributed by atoms with E-state index in [4.69, 9.17) is 14.2 Å². The van der Waals surface area contributed by atoms with Crippen LogP contribution in [0.2, 0.25) is 0 Å². The highest BCUT2D eigenvalue weighted by Gasteiger charge is 2.08. The topological polar surface area (TPSA) is 44.8 Å². The Hall–Kier alpha value is -2.49. The molecule has 4 nitrogen and oxygen atoms in total. The number of ether oxygens (including phenoxy) is 3. The number of hydrogen-bond acceptors (Lipinski definition) is 4. The third kappa shape index (κ3) is 2.91. The Bertz CT molecular complexity index is 597. The smallest absolute Gasteiger partial charge is 0.337 e. The summed E-state index contributed by atoms with van der Waals surface area (Å²) >= 11 is 0. The summed E-state index contributed by atoms with van der Waals surface area (Å²) in [5.41, 5.74) is 2.31.